The summed E-state index contributed by atoms with van der Waals surface area (Å²) in [6.07, 6.45) is 5.12. The maximum Gasteiger partial charge on any atom is 0.327 e. The molecule has 0 unspecified atom stereocenters. The van der Waals surface area contributed by atoms with Crippen LogP contribution in [0.15, 0.2) is 47.6 Å². The van der Waals surface area contributed by atoms with E-state index in [1.54, 1.807) is 19.1 Å². The number of azide groups is 1. The van der Waals surface area contributed by atoms with E-state index in [2.05, 4.69) is 10.0 Å². The van der Waals surface area contributed by atoms with Gasteiger partial charge in [-0.1, -0.05) is 74.8 Å². The van der Waals surface area contributed by atoms with E-state index in [0.717, 1.165) is 5.56 Å². The molecule has 1 heterocycles. The van der Waals surface area contributed by atoms with Crippen LogP contribution in [0.1, 0.15) is 78.7 Å². The minimum absolute atomic E-state index is 0.0185. The van der Waals surface area contributed by atoms with Crippen molar-refractivity contribution in [2.75, 3.05) is 6.54 Å². The first-order valence-electron chi connectivity index (χ1n) is 14.0. The van der Waals surface area contributed by atoms with Crippen molar-refractivity contribution < 1.29 is 33.7 Å². The SMILES string of the molecule is CC[C@H](CCC1([C@H](C)/C=C/[C@@H](O)[C@H](CC)CCCN=[N+]=[N-])C(=O)OC(C)(C)OC1=O)C(=O)OCc1ccccc1. The lowest BCUT2D eigenvalue weighted by atomic mass is 9.70. The van der Waals surface area contributed by atoms with Crippen LogP contribution in [0.25, 0.3) is 10.4 Å². The molecule has 0 saturated carbocycles. The highest BCUT2D eigenvalue weighted by Crippen LogP contribution is 2.44. The van der Waals surface area contributed by atoms with E-state index in [9.17, 15) is 19.5 Å². The number of aliphatic hydroxyl groups excluding tert-OH is 1. The number of ether oxygens (including phenoxy) is 3. The number of cyclic esters (lactones) is 2. The Morgan fingerprint density at radius 3 is 2.33 bits per heavy atom. The van der Waals surface area contributed by atoms with Gasteiger partial charge in [0.05, 0.1) is 12.0 Å². The van der Waals surface area contributed by atoms with Crippen molar-refractivity contribution >= 4 is 17.9 Å². The van der Waals surface area contributed by atoms with E-state index in [0.29, 0.717) is 32.2 Å². The molecule has 40 heavy (non-hydrogen) atoms. The maximum absolute atomic E-state index is 13.4. The summed E-state index contributed by atoms with van der Waals surface area (Å²) >= 11 is 0. The summed E-state index contributed by atoms with van der Waals surface area (Å²) in [5.41, 5.74) is 7.65. The molecule has 0 aliphatic carbocycles. The second-order valence-electron chi connectivity index (χ2n) is 10.8. The molecule has 0 bridgehead atoms. The van der Waals surface area contributed by atoms with Crippen LogP contribution >= 0.6 is 0 Å². The van der Waals surface area contributed by atoms with Gasteiger partial charge in [-0.05, 0) is 49.1 Å². The van der Waals surface area contributed by atoms with Gasteiger partial charge in [-0.2, -0.15) is 0 Å². The quantitative estimate of drug-likeness (QED) is 0.0496. The number of aliphatic hydroxyl groups is 1. The van der Waals surface area contributed by atoms with E-state index >= 15 is 0 Å². The average molecular weight is 558 g/mol. The van der Waals surface area contributed by atoms with E-state index in [-0.39, 0.29) is 25.4 Å². The monoisotopic (exact) mass is 557 g/mol. The second kappa shape index (κ2) is 15.4. The predicted octanol–water partition coefficient (Wildman–Crippen LogP) is 6.03. The Morgan fingerprint density at radius 1 is 1.10 bits per heavy atom. The molecule has 0 amide bonds. The van der Waals surface area contributed by atoms with Crippen molar-refractivity contribution in [3.8, 4) is 0 Å². The zero-order chi connectivity index (χ0) is 29.8. The summed E-state index contributed by atoms with van der Waals surface area (Å²) in [6, 6.07) is 9.34. The van der Waals surface area contributed by atoms with Crippen LogP contribution in [0.4, 0.5) is 0 Å². The Morgan fingerprint density at radius 2 is 1.75 bits per heavy atom. The molecule has 1 saturated heterocycles. The number of hydrogen-bond donors (Lipinski definition) is 1. The van der Waals surface area contributed by atoms with Crippen molar-refractivity contribution in [3.05, 3.63) is 58.5 Å². The summed E-state index contributed by atoms with van der Waals surface area (Å²) in [5.74, 6) is -4.52. The van der Waals surface area contributed by atoms with Gasteiger partial charge in [0.2, 0.25) is 0 Å². The number of carbonyl (C=O) groups excluding carboxylic acids is 3. The molecule has 1 aliphatic heterocycles. The van der Waals surface area contributed by atoms with Crippen LogP contribution in [0.3, 0.4) is 0 Å². The lowest BCUT2D eigenvalue weighted by Gasteiger charge is -2.42. The van der Waals surface area contributed by atoms with Crippen molar-refractivity contribution in [1.29, 1.82) is 0 Å². The number of benzene rings is 1. The Kier molecular flexibility index (Phi) is 12.7. The third-order valence-corrected chi connectivity index (χ3v) is 7.62. The van der Waals surface area contributed by atoms with Crippen molar-refractivity contribution in [2.24, 2.45) is 28.3 Å². The van der Waals surface area contributed by atoms with Gasteiger partial charge < -0.3 is 19.3 Å². The van der Waals surface area contributed by atoms with Gasteiger partial charge in [-0.15, -0.1) is 0 Å². The standard InChI is InChI=1S/C30H43N3O7/c1-6-23(14-11-19-32-33-31)25(34)16-15-21(3)30(27(36)39-29(4,5)40-28(30)37)18-17-24(7-2)26(35)38-20-22-12-9-8-10-13-22/h8-10,12-13,15-16,21,23-25,34H,6-7,11,14,17-20H2,1-5H3/b16-15+/t21-,23-,24-,25-/m1/s1. The highest BCUT2D eigenvalue weighted by molar-refractivity contribution is 6.02. The van der Waals surface area contributed by atoms with E-state index < -0.39 is 47.0 Å². The average Bonchev–Trinajstić information content (AvgIpc) is 2.92. The lowest BCUT2D eigenvalue weighted by molar-refractivity contribution is -0.254. The fourth-order valence-corrected chi connectivity index (χ4v) is 4.96. The highest BCUT2D eigenvalue weighted by atomic mass is 16.7. The van der Waals surface area contributed by atoms with Gasteiger partial charge in [-0.25, -0.2) is 0 Å². The summed E-state index contributed by atoms with van der Waals surface area (Å²) in [6.45, 7) is 9.00. The van der Waals surface area contributed by atoms with Crippen LogP contribution in [0.5, 0.6) is 0 Å². The first kappa shape index (κ1) is 32.8. The van der Waals surface area contributed by atoms with E-state index in [1.165, 1.54) is 13.8 Å². The van der Waals surface area contributed by atoms with Crippen LogP contribution < -0.4 is 0 Å². The molecule has 1 aromatic rings. The molecular weight excluding hydrogens is 514 g/mol. The molecule has 1 fully saturated rings. The molecular formula is C30H43N3O7. The van der Waals surface area contributed by atoms with Gasteiger partial charge >= 0.3 is 17.9 Å². The fraction of sp³-hybridized carbons (Fsp3) is 0.633. The van der Waals surface area contributed by atoms with Gasteiger partial charge in [0.1, 0.15) is 6.61 Å². The van der Waals surface area contributed by atoms with E-state index in [1.807, 2.05) is 44.2 Å². The molecule has 0 aromatic heterocycles. The van der Waals surface area contributed by atoms with Gasteiger partial charge in [0, 0.05) is 31.2 Å². The van der Waals surface area contributed by atoms with Crippen LogP contribution in [0.2, 0.25) is 0 Å². The molecule has 1 aromatic carbocycles. The normalized spacial score (nSPS) is 19.1. The molecule has 0 spiro atoms. The number of esters is 3. The molecule has 10 heteroatoms. The van der Waals surface area contributed by atoms with Crippen LogP contribution in [-0.4, -0.2) is 41.5 Å². The molecule has 10 nitrogen and oxygen atoms in total. The lowest BCUT2D eigenvalue weighted by Crippen LogP contribution is -2.56. The minimum atomic E-state index is -1.68. The molecule has 1 N–H and O–H groups in total. The first-order valence-corrected chi connectivity index (χ1v) is 14.0. The minimum Gasteiger partial charge on any atom is -0.461 e. The topological polar surface area (TPSA) is 148 Å². The summed E-state index contributed by atoms with van der Waals surface area (Å²) in [4.78, 5) is 42.5. The number of allylic oxidation sites excluding steroid dienone is 1. The van der Waals surface area contributed by atoms with Gasteiger partial charge in [-0.3, -0.25) is 14.4 Å². The zero-order valence-corrected chi connectivity index (χ0v) is 24.2. The third kappa shape index (κ3) is 8.83. The largest absolute Gasteiger partial charge is 0.461 e. The highest BCUT2D eigenvalue weighted by Gasteiger charge is 2.58. The maximum atomic E-state index is 13.4. The first-order chi connectivity index (χ1) is 19.0. The van der Waals surface area contributed by atoms with Crippen LogP contribution in [0, 0.1) is 23.2 Å². The van der Waals surface area contributed by atoms with Gasteiger partial charge in [0.15, 0.2) is 5.41 Å². The van der Waals surface area contributed by atoms with Crippen molar-refractivity contribution in [2.45, 2.75) is 91.6 Å². The van der Waals surface area contributed by atoms with Crippen LogP contribution in [-0.2, 0) is 35.2 Å². The molecule has 1 aliphatic rings. The summed E-state index contributed by atoms with van der Waals surface area (Å²) in [7, 11) is 0. The number of carbonyl (C=O) groups is 3. The predicted molar refractivity (Wildman–Crippen MR) is 149 cm³/mol. The molecule has 4 atom stereocenters. The Balaban J connectivity index is 2.20. The van der Waals surface area contributed by atoms with Crippen molar-refractivity contribution in [1.82, 2.24) is 0 Å². The summed E-state index contributed by atoms with van der Waals surface area (Å²) in [5, 5.41) is 14.3. The molecule has 2 rings (SSSR count). The second-order valence-corrected chi connectivity index (χ2v) is 10.8. The summed E-state index contributed by atoms with van der Waals surface area (Å²) < 4.78 is 16.6. The number of hydrogen-bond acceptors (Lipinski definition) is 8. The smallest absolute Gasteiger partial charge is 0.327 e. The van der Waals surface area contributed by atoms with E-state index in [4.69, 9.17) is 19.7 Å². The zero-order valence-electron chi connectivity index (χ0n) is 24.2. The van der Waals surface area contributed by atoms with Gasteiger partial charge in [0.25, 0.3) is 5.79 Å². The third-order valence-electron chi connectivity index (χ3n) is 7.62. The Hall–Kier alpha value is -3.36. The van der Waals surface area contributed by atoms with Crippen molar-refractivity contribution in [3.63, 3.8) is 0 Å². The Labute approximate surface area is 236 Å². The fourth-order valence-electron chi connectivity index (χ4n) is 4.96. The molecule has 0 radical (unpaired) electrons. The Bertz CT molecular complexity index is 1050. The number of nitrogens with zero attached hydrogens (tertiary/aromatic N) is 3. The number of rotatable bonds is 16. The molecule has 220 valence electrons.